The third-order valence-corrected chi connectivity index (χ3v) is 5.94. The number of rotatable bonds is 7. The van der Waals surface area contributed by atoms with Gasteiger partial charge in [-0.3, -0.25) is 0 Å². The van der Waals surface area contributed by atoms with Gasteiger partial charge < -0.3 is 9.84 Å². The summed E-state index contributed by atoms with van der Waals surface area (Å²) in [5.41, 5.74) is -0.00259. The minimum atomic E-state index is -3.61. The molecule has 1 aromatic rings. The van der Waals surface area contributed by atoms with E-state index in [9.17, 15) is 13.5 Å². The molecule has 0 fully saturated rings. The summed E-state index contributed by atoms with van der Waals surface area (Å²) in [6.07, 6.45) is 0.701. The molecule has 0 aromatic heterocycles. The van der Waals surface area contributed by atoms with Crippen LogP contribution in [0.25, 0.3) is 0 Å². The lowest BCUT2D eigenvalue weighted by atomic mass is 10.0. The number of hydrogen-bond donors (Lipinski definition) is 1. The Balaban J connectivity index is 3.27. The van der Waals surface area contributed by atoms with Crippen LogP contribution in [-0.4, -0.2) is 37.0 Å². The van der Waals surface area contributed by atoms with Gasteiger partial charge in [-0.1, -0.05) is 6.92 Å². The van der Waals surface area contributed by atoms with Crippen molar-refractivity contribution in [3.8, 4) is 5.75 Å². The fourth-order valence-electron chi connectivity index (χ4n) is 1.84. The molecule has 1 aromatic carbocycles. The first kappa shape index (κ1) is 17.9. The van der Waals surface area contributed by atoms with Crippen molar-refractivity contribution in [1.82, 2.24) is 4.31 Å². The molecule has 0 heterocycles. The molecule has 1 rings (SSSR count). The molecule has 6 heteroatoms. The second kappa shape index (κ2) is 6.77. The third kappa shape index (κ3) is 3.75. The number of aliphatic hydroxyl groups is 1. The molecule has 120 valence electrons. The summed E-state index contributed by atoms with van der Waals surface area (Å²) < 4.78 is 32.1. The normalized spacial score (nSPS) is 12.7. The Morgan fingerprint density at radius 2 is 1.90 bits per heavy atom. The maximum absolute atomic E-state index is 12.7. The fraction of sp³-hybridized carbons (Fsp3) is 0.600. The zero-order chi connectivity index (χ0) is 16.3. The summed E-state index contributed by atoms with van der Waals surface area (Å²) in [6, 6.07) is 4.58. The zero-order valence-electron chi connectivity index (χ0n) is 13.4. The van der Waals surface area contributed by atoms with Crippen molar-refractivity contribution in [2.75, 3.05) is 13.7 Å². The van der Waals surface area contributed by atoms with Crippen LogP contribution in [0, 0.1) is 0 Å². The second-order valence-electron chi connectivity index (χ2n) is 5.50. The van der Waals surface area contributed by atoms with E-state index < -0.39 is 15.6 Å². The highest BCUT2D eigenvalue weighted by atomic mass is 32.2. The van der Waals surface area contributed by atoms with Gasteiger partial charge >= 0.3 is 0 Å². The molecule has 0 aliphatic heterocycles. The molecule has 5 nitrogen and oxygen atoms in total. The first-order valence-corrected chi connectivity index (χ1v) is 8.50. The van der Waals surface area contributed by atoms with Crippen LogP contribution in [-0.2, 0) is 16.6 Å². The van der Waals surface area contributed by atoms with Crippen LogP contribution in [0.2, 0.25) is 0 Å². The van der Waals surface area contributed by atoms with Crippen molar-refractivity contribution in [2.24, 2.45) is 0 Å². The molecule has 0 atom stereocenters. The third-order valence-electron chi connectivity index (χ3n) is 3.88. The minimum absolute atomic E-state index is 0.166. The lowest BCUT2D eigenvalue weighted by Gasteiger charge is -2.33. The summed E-state index contributed by atoms with van der Waals surface area (Å²) in [4.78, 5) is 0.166. The highest BCUT2D eigenvalue weighted by Crippen LogP contribution is 2.28. The first-order valence-electron chi connectivity index (χ1n) is 7.06. The zero-order valence-corrected chi connectivity index (χ0v) is 14.2. The van der Waals surface area contributed by atoms with Gasteiger partial charge in [-0.05, 0) is 45.4 Å². The van der Waals surface area contributed by atoms with Crippen LogP contribution in [0.15, 0.2) is 23.1 Å². The van der Waals surface area contributed by atoms with Gasteiger partial charge in [-0.15, -0.1) is 0 Å². The molecule has 1 N–H and O–H groups in total. The van der Waals surface area contributed by atoms with Gasteiger partial charge in [0.1, 0.15) is 5.75 Å². The molecular weight excluding hydrogens is 290 g/mol. The van der Waals surface area contributed by atoms with Crippen LogP contribution in [0.4, 0.5) is 0 Å². The molecule has 0 spiro atoms. The summed E-state index contributed by atoms with van der Waals surface area (Å²) in [5, 5.41) is 9.39. The Bertz CT molecular complexity index is 581. The van der Waals surface area contributed by atoms with E-state index in [4.69, 9.17) is 4.74 Å². The van der Waals surface area contributed by atoms with E-state index in [1.807, 2.05) is 27.7 Å². The standard InChI is InChI=1S/C15H25NO4S/c1-6-15(3,4)16(5)21(18,19)13-8-9-14(20-7-2)12(10-13)11-17/h8-10,17H,6-7,11H2,1-5H3. The van der Waals surface area contributed by atoms with Gasteiger partial charge in [0.2, 0.25) is 10.0 Å². The Kier molecular flexibility index (Phi) is 5.78. The molecule has 21 heavy (non-hydrogen) atoms. The van der Waals surface area contributed by atoms with Crippen LogP contribution in [0.1, 0.15) is 39.7 Å². The van der Waals surface area contributed by atoms with Crippen molar-refractivity contribution in [2.45, 2.75) is 51.2 Å². The molecule has 0 saturated carbocycles. The van der Waals surface area contributed by atoms with Crippen molar-refractivity contribution in [1.29, 1.82) is 0 Å². The van der Waals surface area contributed by atoms with E-state index in [0.717, 1.165) is 0 Å². The summed E-state index contributed by atoms with van der Waals surface area (Å²) >= 11 is 0. The number of aliphatic hydroxyl groups excluding tert-OH is 1. The number of nitrogens with zero attached hydrogens (tertiary/aromatic N) is 1. The average molecular weight is 315 g/mol. The van der Waals surface area contributed by atoms with Crippen LogP contribution >= 0.6 is 0 Å². The van der Waals surface area contributed by atoms with E-state index in [0.29, 0.717) is 24.3 Å². The van der Waals surface area contributed by atoms with Crippen molar-refractivity contribution < 1.29 is 18.3 Å². The van der Waals surface area contributed by atoms with Gasteiger partial charge in [0, 0.05) is 18.2 Å². The molecular formula is C15H25NO4S. The van der Waals surface area contributed by atoms with E-state index in [2.05, 4.69) is 0 Å². The highest BCUT2D eigenvalue weighted by molar-refractivity contribution is 7.89. The second-order valence-corrected chi connectivity index (χ2v) is 7.47. The van der Waals surface area contributed by atoms with Crippen molar-refractivity contribution in [3.63, 3.8) is 0 Å². The topological polar surface area (TPSA) is 66.8 Å². The maximum Gasteiger partial charge on any atom is 0.243 e. The molecule has 0 aliphatic rings. The molecule has 0 unspecified atom stereocenters. The van der Waals surface area contributed by atoms with Gasteiger partial charge in [0.05, 0.1) is 18.1 Å². The summed E-state index contributed by atoms with van der Waals surface area (Å²) in [6.45, 7) is 7.74. The molecule has 0 amide bonds. The number of ether oxygens (including phenoxy) is 1. The Hall–Kier alpha value is -1.11. The van der Waals surface area contributed by atoms with Crippen LogP contribution < -0.4 is 4.74 Å². The summed E-state index contributed by atoms with van der Waals surface area (Å²) in [5.74, 6) is 0.511. The lowest BCUT2D eigenvalue weighted by molar-refractivity contribution is 0.256. The average Bonchev–Trinajstić information content (AvgIpc) is 2.46. The number of benzene rings is 1. The van der Waals surface area contributed by atoms with Gasteiger partial charge in [-0.25, -0.2) is 8.42 Å². The SMILES string of the molecule is CCOc1ccc(S(=O)(=O)N(C)C(C)(C)CC)cc1CO. The fourth-order valence-corrected chi connectivity index (χ4v) is 3.47. The molecule has 0 saturated heterocycles. The first-order chi connectivity index (χ1) is 9.70. The van der Waals surface area contributed by atoms with E-state index >= 15 is 0 Å². The molecule has 0 bridgehead atoms. The van der Waals surface area contributed by atoms with Gasteiger partial charge in [-0.2, -0.15) is 4.31 Å². The van der Waals surface area contributed by atoms with Crippen molar-refractivity contribution >= 4 is 10.0 Å². The molecule has 0 radical (unpaired) electrons. The van der Waals surface area contributed by atoms with Gasteiger partial charge in [0.15, 0.2) is 0 Å². The highest BCUT2D eigenvalue weighted by Gasteiger charge is 2.32. The van der Waals surface area contributed by atoms with E-state index in [1.54, 1.807) is 13.1 Å². The molecule has 0 aliphatic carbocycles. The quantitative estimate of drug-likeness (QED) is 0.839. The largest absolute Gasteiger partial charge is 0.494 e. The van der Waals surface area contributed by atoms with Crippen molar-refractivity contribution in [3.05, 3.63) is 23.8 Å². The Morgan fingerprint density at radius 3 is 2.38 bits per heavy atom. The monoisotopic (exact) mass is 315 g/mol. The summed E-state index contributed by atoms with van der Waals surface area (Å²) in [7, 11) is -2.03. The maximum atomic E-state index is 12.7. The van der Waals surface area contributed by atoms with Gasteiger partial charge in [0.25, 0.3) is 0 Å². The number of sulfonamides is 1. The van der Waals surface area contributed by atoms with Crippen LogP contribution in [0.3, 0.4) is 0 Å². The van der Waals surface area contributed by atoms with Crippen LogP contribution in [0.5, 0.6) is 5.75 Å². The van der Waals surface area contributed by atoms with E-state index in [1.165, 1.54) is 16.4 Å². The predicted octanol–water partition coefficient (Wildman–Crippen LogP) is 2.39. The number of hydrogen-bond acceptors (Lipinski definition) is 4. The lowest BCUT2D eigenvalue weighted by Crippen LogP contribution is -2.44. The minimum Gasteiger partial charge on any atom is -0.494 e. The Morgan fingerprint density at radius 1 is 1.29 bits per heavy atom. The smallest absolute Gasteiger partial charge is 0.243 e. The van der Waals surface area contributed by atoms with E-state index in [-0.39, 0.29) is 11.5 Å². The Labute approximate surface area is 127 Å². The predicted molar refractivity (Wildman–Crippen MR) is 82.9 cm³/mol.